The number of aryl methyl sites for hydroxylation is 2. The molecule has 0 spiro atoms. The van der Waals surface area contributed by atoms with E-state index in [1.807, 2.05) is 98.8 Å². The van der Waals surface area contributed by atoms with Crippen LogP contribution in [0, 0.1) is 13.8 Å². The summed E-state index contributed by atoms with van der Waals surface area (Å²) in [7, 11) is 0. The lowest BCUT2D eigenvalue weighted by Gasteiger charge is -2.21. The largest absolute Gasteiger partial charge is 0.455 e. The highest BCUT2D eigenvalue weighted by Crippen LogP contribution is 2.44. The number of hydrogen-bond donors (Lipinski definition) is 3. The molecule has 2 aliphatic rings. The lowest BCUT2D eigenvalue weighted by Crippen LogP contribution is -2.15. The number of aldehydes is 1. The van der Waals surface area contributed by atoms with Crippen molar-refractivity contribution in [1.29, 1.82) is 0 Å². The first-order valence-corrected chi connectivity index (χ1v) is 16.4. The highest BCUT2D eigenvalue weighted by molar-refractivity contribution is 6.07. The number of fused-ring (bicyclic) bond motifs is 4. The first kappa shape index (κ1) is 30.8. The fourth-order valence-corrected chi connectivity index (χ4v) is 6.74. The topological polar surface area (TPSA) is 123 Å². The zero-order valence-corrected chi connectivity index (χ0v) is 27.6. The zero-order chi connectivity index (χ0) is 34.4. The van der Waals surface area contributed by atoms with Crippen LogP contribution in [0.4, 0.5) is 17.1 Å². The second kappa shape index (κ2) is 12.5. The van der Waals surface area contributed by atoms with E-state index in [0.717, 1.165) is 72.9 Å². The van der Waals surface area contributed by atoms with Crippen LogP contribution in [-0.2, 0) is 13.1 Å². The van der Waals surface area contributed by atoms with Gasteiger partial charge in [-0.1, -0.05) is 60.7 Å². The highest BCUT2D eigenvalue weighted by Gasteiger charge is 2.25. The van der Waals surface area contributed by atoms with Crippen molar-refractivity contribution in [3.63, 3.8) is 0 Å². The van der Waals surface area contributed by atoms with Gasteiger partial charge in [0.05, 0.1) is 28.0 Å². The number of pyridine rings is 2. The van der Waals surface area contributed by atoms with Crippen molar-refractivity contribution < 1.29 is 9.21 Å². The molecule has 2 aromatic heterocycles. The molecule has 8 heteroatoms. The SMILES string of the molecule is Cc1ccc2cccc(NCc3c4oc5c(CNc6cccc7ccc(C)nc67)c(N)ccc5c(-c5ccccc5C=O)c-4ccc3=O)c2n1. The van der Waals surface area contributed by atoms with Crippen LogP contribution < -0.4 is 21.8 Å². The monoisotopic (exact) mass is 655 g/mol. The molecule has 3 heterocycles. The maximum atomic E-state index is 13.7. The van der Waals surface area contributed by atoms with E-state index >= 15 is 0 Å². The molecule has 0 atom stereocenters. The van der Waals surface area contributed by atoms with Crippen molar-refractivity contribution in [2.75, 3.05) is 16.4 Å². The minimum absolute atomic E-state index is 0.173. The molecule has 4 aromatic carbocycles. The number of nitrogen functional groups attached to an aromatic ring is 1. The summed E-state index contributed by atoms with van der Waals surface area (Å²) in [5, 5.41) is 9.80. The summed E-state index contributed by atoms with van der Waals surface area (Å²) in [4.78, 5) is 35.6. The first-order chi connectivity index (χ1) is 24.4. The third-order valence-corrected chi connectivity index (χ3v) is 9.24. The van der Waals surface area contributed by atoms with Gasteiger partial charge < -0.3 is 20.8 Å². The smallest absolute Gasteiger partial charge is 0.187 e. The molecule has 0 bridgehead atoms. The van der Waals surface area contributed by atoms with E-state index in [9.17, 15) is 9.59 Å². The number of carbonyl (C=O) groups excluding carboxylic acids is 1. The number of rotatable bonds is 8. The van der Waals surface area contributed by atoms with Crippen molar-refractivity contribution in [2.24, 2.45) is 0 Å². The minimum atomic E-state index is -0.173. The standard InChI is InChI=1S/C42H33N5O3/c1-24-13-15-26-8-5-11-35(39(26)46-24)44-21-32-34(43)19-17-30-38(29-10-4-3-7-28(29)23-48)31-18-20-37(49)33(42(31)50-41(30)32)22-45-36-12-6-9-27-16-14-25(2)47-40(27)36/h3-20,23,44-45H,21-22,43H2,1-2H3. The first-order valence-electron chi connectivity index (χ1n) is 16.4. The van der Waals surface area contributed by atoms with Gasteiger partial charge >= 0.3 is 0 Å². The third-order valence-electron chi connectivity index (χ3n) is 9.24. The predicted octanol–water partition coefficient (Wildman–Crippen LogP) is 8.90. The maximum Gasteiger partial charge on any atom is 0.187 e. The second-order valence-electron chi connectivity index (χ2n) is 12.5. The van der Waals surface area contributed by atoms with E-state index in [1.54, 1.807) is 18.2 Å². The Morgan fingerprint density at radius 2 is 1.32 bits per heavy atom. The number of hydrogen-bond acceptors (Lipinski definition) is 8. The van der Waals surface area contributed by atoms with E-state index in [4.69, 9.17) is 20.1 Å². The van der Waals surface area contributed by atoms with Crippen LogP contribution in [0.25, 0.3) is 55.2 Å². The van der Waals surface area contributed by atoms with Crippen LogP contribution >= 0.6 is 0 Å². The van der Waals surface area contributed by atoms with E-state index in [2.05, 4.69) is 16.7 Å². The van der Waals surface area contributed by atoms with Crippen LogP contribution in [0.3, 0.4) is 0 Å². The molecule has 0 amide bonds. The summed E-state index contributed by atoms with van der Waals surface area (Å²) in [6.45, 7) is 4.43. The molecule has 0 saturated carbocycles. The van der Waals surface area contributed by atoms with Gasteiger partial charge in [-0.25, -0.2) is 0 Å². The molecule has 8 rings (SSSR count). The number of aromatic nitrogens is 2. The number of para-hydroxylation sites is 2. The normalized spacial score (nSPS) is 11.4. The van der Waals surface area contributed by atoms with Crippen molar-refractivity contribution in [2.45, 2.75) is 26.9 Å². The van der Waals surface area contributed by atoms with E-state index in [1.165, 1.54) is 0 Å². The van der Waals surface area contributed by atoms with Crippen LogP contribution in [0.1, 0.15) is 32.9 Å². The van der Waals surface area contributed by atoms with Crippen molar-refractivity contribution in [3.8, 4) is 22.5 Å². The highest BCUT2D eigenvalue weighted by atomic mass is 16.3. The Kier molecular flexibility index (Phi) is 7.68. The number of anilines is 3. The average Bonchev–Trinajstić information content (AvgIpc) is 3.13. The molecule has 0 unspecified atom stereocenters. The zero-order valence-electron chi connectivity index (χ0n) is 27.6. The van der Waals surface area contributed by atoms with Gasteiger partial charge in [-0.3, -0.25) is 19.6 Å². The Labute approximate surface area is 288 Å². The summed E-state index contributed by atoms with van der Waals surface area (Å²) >= 11 is 0. The Morgan fingerprint density at radius 1 is 0.680 bits per heavy atom. The molecule has 1 aliphatic heterocycles. The van der Waals surface area contributed by atoms with Crippen LogP contribution in [0.5, 0.6) is 0 Å². The Morgan fingerprint density at radius 3 is 1.98 bits per heavy atom. The molecule has 0 fully saturated rings. The Balaban J connectivity index is 1.32. The van der Waals surface area contributed by atoms with Crippen LogP contribution in [0.15, 0.2) is 118 Å². The molecule has 4 N–H and O–H groups in total. The lowest BCUT2D eigenvalue weighted by molar-refractivity contribution is 0.112. The molecule has 50 heavy (non-hydrogen) atoms. The van der Waals surface area contributed by atoms with E-state index in [0.29, 0.717) is 40.3 Å². The fourth-order valence-electron chi connectivity index (χ4n) is 6.74. The molecule has 1 aliphatic carbocycles. The van der Waals surface area contributed by atoms with Gasteiger partial charge in [0.1, 0.15) is 11.3 Å². The lowest BCUT2D eigenvalue weighted by atomic mass is 9.88. The number of benzene rings is 5. The quantitative estimate of drug-likeness (QED) is 0.0843. The Hall–Kier alpha value is -6.54. The van der Waals surface area contributed by atoms with Gasteiger partial charge in [0.15, 0.2) is 11.7 Å². The molecular formula is C42H33N5O3. The number of nitrogens with zero attached hydrogens (tertiary/aromatic N) is 2. The second-order valence-corrected chi connectivity index (χ2v) is 12.5. The Bertz CT molecular complexity index is 2650. The number of nitrogens with one attached hydrogen (secondary N) is 2. The van der Waals surface area contributed by atoms with Crippen molar-refractivity contribution >= 4 is 56.1 Å². The number of carbonyl (C=O) groups is 1. The molecular weight excluding hydrogens is 622 g/mol. The maximum absolute atomic E-state index is 13.7. The summed E-state index contributed by atoms with van der Waals surface area (Å²) in [6.07, 6.45) is 0.854. The van der Waals surface area contributed by atoms with Crippen molar-refractivity contribution in [1.82, 2.24) is 9.97 Å². The number of nitrogens with two attached hydrogens (primary N) is 1. The molecule has 6 aromatic rings. The van der Waals surface area contributed by atoms with Gasteiger partial charge in [0, 0.05) is 68.6 Å². The van der Waals surface area contributed by atoms with Gasteiger partial charge in [-0.05, 0) is 67.9 Å². The van der Waals surface area contributed by atoms with Crippen molar-refractivity contribution in [3.05, 3.63) is 147 Å². The third kappa shape index (κ3) is 5.37. The molecule has 0 radical (unpaired) electrons. The van der Waals surface area contributed by atoms with E-state index in [-0.39, 0.29) is 12.0 Å². The summed E-state index contributed by atoms with van der Waals surface area (Å²) in [6, 6.07) is 34.6. The van der Waals surface area contributed by atoms with Gasteiger partial charge in [0.25, 0.3) is 0 Å². The summed E-state index contributed by atoms with van der Waals surface area (Å²) in [5.41, 5.74) is 16.7. The summed E-state index contributed by atoms with van der Waals surface area (Å²) < 4.78 is 6.82. The molecule has 244 valence electrons. The van der Waals surface area contributed by atoms with E-state index < -0.39 is 0 Å². The van der Waals surface area contributed by atoms with Gasteiger partial charge in [-0.15, -0.1) is 0 Å². The van der Waals surface area contributed by atoms with Gasteiger partial charge in [0.2, 0.25) is 0 Å². The minimum Gasteiger partial charge on any atom is -0.455 e. The van der Waals surface area contributed by atoms with Crippen LogP contribution in [0.2, 0.25) is 0 Å². The predicted molar refractivity (Wildman–Crippen MR) is 202 cm³/mol. The van der Waals surface area contributed by atoms with Crippen LogP contribution in [-0.4, -0.2) is 16.3 Å². The average molecular weight is 656 g/mol. The summed E-state index contributed by atoms with van der Waals surface area (Å²) in [5.74, 6) is 0.423. The molecule has 8 nitrogen and oxygen atoms in total. The van der Waals surface area contributed by atoms with Gasteiger partial charge in [-0.2, -0.15) is 0 Å². The molecule has 0 saturated heterocycles. The fraction of sp³-hybridized carbons (Fsp3) is 0.0952.